The molecule has 2 heterocycles. The van der Waals surface area contributed by atoms with E-state index in [-0.39, 0.29) is 5.91 Å². The monoisotopic (exact) mass is 273 g/mol. The maximum absolute atomic E-state index is 11.9. The number of aryl methyl sites for hydroxylation is 1. The molecule has 0 aliphatic heterocycles. The van der Waals surface area contributed by atoms with E-state index in [1.165, 1.54) is 4.90 Å². The van der Waals surface area contributed by atoms with Gasteiger partial charge in [0.2, 0.25) is 0 Å². The van der Waals surface area contributed by atoms with Gasteiger partial charge < -0.3 is 10.2 Å². The van der Waals surface area contributed by atoms with Crippen LogP contribution in [0.25, 0.3) is 0 Å². The highest BCUT2D eigenvalue weighted by Crippen LogP contribution is 2.12. The van der Waals surface area contributed by atoms with Gasteiger partial charge in [-0.15, -0.1) is 0 Å². The number of aromatic nitrogens is 3. The van der Waals surface area contributed by atoms with Crippen molar-refractivity contribution in [3.63, 3.8) is 0 Å². The molecule has 0 aliphatic rings. The summed E-state index contributed by atoms with van der Waals surface area (Å²) in [4.78, 5) is 17.5. The minimum absolute atomic E-state index is 0.105. The molecule has 0 bridgehead atoms. The summed E-state index contributed by atoms with van der Waals surface area (Å²) in [5.41, 5.74) is 3.55. The fourth-order valence-electron chi connectivity index (χ4n) is 1.80. The topological polar surface area (TPSA) is 63.1 Å². The number of nitrogens with one attached hydrogen (secondary N) is 1. The molecule has 1 N–H and O–H groups in total. The molecular weight excluding hydrogens is 254 g/mol. The summed E-state index contributed by atoms with van der Waals surface area (Å²) in [6.07, 6.45) is 3.48. The van der Waals surface area contributed by atoms with Crippen LogP contribution < -0.4 is 5.32 Å². The normalized spacial score (nSPS) is 10.4. The van der Waals surface area contributed by atoms with Crippen molar-refractivity contribution in [3.8, 4) is 0 Å². The predicted octanol–water partition coefficient (Wildman–Crippen LogP) is 1.44. The third-order valence-corrected chi connectivity index (χ3v) is 3.21. The number of nitrogens with zero attached hydrogens (tertiary/aromatic N) is 4. The Morgan fingerprint density at radius 1 is 1.45 bits per heavy atom. The zero-order valence-electron chi connectivity index (χ0n) is 12.2. The lowest BCUT2D eigenvalue weighted by molar-refractivity contribution is 0.0822. The van der Waals surface area contributed by atoms with E-state index in [4.69, 9.17) is 0 Å². The van der Waals surface area contributed by atoms with E-state index in [2.05, 4.69) is 15.4 Å². The van der Waals surface area contributed by atoms with Gasteiger partial charge in [-0.3, -0.25) is 14.5 Å². The maximum Gasteiger partial charge on any atom is 0.272 e. The Balaban J connectivity index is 2.09. The van der Waals surface area contributed by atoms with Crippen molar-refractivity contribution in [1.82, 2.24) is 19.7 Å². The lowest BCUT2D eigenvalue weighted by Crippen LogP contribution is -2.22. The molecule has 1 amide bonds. The Hall–Kier alpha value is -2.37. The smallest absolute Gasteiger partial charge is 0.272 e. The molecule has 2 rings (SSSR count). The van der Waals surface area contributed by atoms with Gasteiger partial charge in [0.1, 0.15) is 5.69 Å². The number of hydrogen-bond acceptors (Lipinski definition) is 4. The Morgan fingerprint density at radius 3 is 2.80 bits per heavy atom. The number of pyridine rings is 1. The summed E-state index contributed by atoms with van der Waals surface area (Å²) in [6.45, 7) is 2.69. The molecule has 6 heteroatoms. The first kappa shape index (κ1) is 14.0. The minimum Gasteiger partial charge on any atom is -0.381 e. The van der Waals surface area contributed by atoms with E-state index in [0.717, 1.165) is 16.9 Å². The van der Waals surface area contributed by atoms with E-state index in [0.29, 0.717) is 12.2 Å². The predicted molar refractivity (Wildman–Crippen MR) is 77.5 cm³/mol. The lowest BCUT2D eigenvalue weighted by Gasteiger charge is -2.11. The van der Waals surface area contributed by atoms with Crippen LogP contribution in [0.5, 0.6) is 0 Å². The number of rotatable bonds is 4. The summed E-state index contributed by atoms with van der Waals surface area (Å²) in [5.74, 6) is -0.105. The average molecular weight is 273 g/mol. The minimum atomic E-state index is -0.105. The van der Waals surface area contributed by atoms with Gasteiger partial charge in [0, 0.05) is 50.8 Å². The number of carbonyl (C=O) groups excluding carboxylic acids is 1. The van der Waals surface area contributed by atoms with Crippen LogP contribution in [0.1, 0.15) is 21.7 Å². The van der Waals surface area contributed by atoms with Crippen molar-refractivity contribution in [2.24, 2.45) is 7.05 Å². The quantitative estimate of drug-likeness (QED) is 0.915. The molecule has 0 saturated carbocycles. The van der Waals surface area contributed by atoms with Crippen molar-refractivity contribution < 1.29 is 4.79 Å². The van der Waals surface area contributed by atoms with E-state index in [9.17, 15) is 4.79 Å². The van der Waals surface area contributed by atoms with Crippen LogP contribution in [0.15, 0.2) is 24.5 Å². The van der Waals surface area contributed by atoms with Crippen molar-refractivity contribution in [2.45, 2.75) is 13.5 Å². The molecule has 0 fully saturated rings. The van der Waals surface area contributed by atoms with Crippen LogP contribution in [0.2, 0.25) is 0 Å². The van der Waals surface area contributed by atoms with Gasteiger partial charge in [-0.1, -0.05) is 0 Å². The molecule has 20 heavy (non-hydrogen) atoms. The molecule has 6 nitrogen and oxygen atoms in total. The van der Waals surface area contributed by atoms with E-state index < -0.39 is 0 Å². The molecule has 2 aromatic heterocycles. The Kier molecular flexibility index (Phi) is 4.02. The zero-order valence-corrected chi connectivity index (χ0v) is 12.2. The number of amides is 1. The van der Waals surface area contributed by atoms with Crippen molar-refractivity contribution in [2.75, 3.05) is 19.4 Å². The van der Waals surface area contributed by atoms with E-state index in [1.54, 1.807) is 26.4 Å². The first-order valence-electron chi connectivity index (χ1n) is 6.38. The molecule has 0 radical (unpaired) electrons. The number of hydrogen-bond donors (Lipinski definition) is 1. The van der Waals surface area contributed by atoms with Gasteiger partial charge in [0.25, 0.3) is 5.91 Å². The fourth-order valence-corrected chi connectivity index (χ4v) is 1.80. The first-order chi connectivity index (χ1) is 9.49. The summed E-state index contributed by atoms with van der Waals surface area (Å²) in [7, 11) is 5.34. The van der Waals surface area contributed by atoms with Gasteiger partial charge in [0.15, 0.2) is 0 Å². The molecule has 0 atom stereocenters. The molecule has 106 valence electrons. The summed E-state index contributed by atoms with van der Waals surface area (Å²) >= 11 is 0. The van der Waals surface area contributed by atoms with Gasteiger partial charge in [0.05, 0.1) is 6.20 Å². The van der Waals surface area contributed by atoms with Gasteiger partial charge in [-0.25, -0.2) is 0 Å². The SMILES string of the molecule is Cc1c(CNc2ccnc(C(=O)N(C)C)c2)cnn1C. The first-order valence-corrected chi connectivity index (χ1v) is 6.38. The van der Waals surface area contributed by atoms with Crippen LogP contribution in [-0.2, 0) is 13.6 Å². The second-order valence-corrected chi connectivity index (χ2v) is 4.86. The third-order valence-electron chi connectivity index (χ3n) is 3.21. The number of anilines is 1. The van der Waals surface area contributed by atoms with Crippen molar-refractivity contribution in [3.05, 3.63) is 41.5 Å². The van der Waals surface area contributed by atoms with Gasteiger partial charge in [-0.05, 0) is 19.1 Å². The summed E-state index contributed by atoms with van der Waals surface area (Å²) in [5, 5.41) is 7.49. The standard InChI is InChI=1S/C14H19N5O/c1-10-11(9-17-19(10)4)8-16-12-5-6-15-13(7-12)14(20)18(2)3/h5-7,9H,8H2,1-4H3,(H,15,16). The summed E-state index contributed by atoms with van der Waals surface area (Å²) < 4.78 is 1.84. The molecule has 0 spiro atoms. The molecule has 0 unspecified atom stereocenters. The van der Waals surface area contributed by atoms with Crippen molar-refractivity contribution in [1.29, 1.82) is 0 Å². The Labute approximate surface area is 118 Å². The highest BCUT2D eigenvalue weighted by molar-refractivity contribution is 5.92. The second kappa shape index (κ2) is 5.73. The highest BCUT2D eigenvalue weighted by atomic mass is 16.2. The largest absolute Gasteiger partial charge is 0.381 e. The van der Waals surface area contributed by atoms with Gasteiger partial charge in [-0.2, -0.15) is 5.10 Å². The summed E-state index contributed by atoms with van der Waals surface area (Å²) in [6, 6.07) is 3.60. The average Bonchev–Trinajstić information content (AvgIpc) is 2.76. The second-order valence-electron chi connectivity index (χ2n) is 4.86. The highest BCUT2D eigenvalue weighted by Gasteiger charge is 2.10. The van der Waals surface area contributed by atoms with Crippen LogP contribution in [0, 0.1) is 6.92 Å². The molecular formula is C14H19N5O. The zero-order chi connectivity index (χ0) is 14.7. The third kappa shape index (κ3) is 2.96. The van der Waals surface area contributed by atoms with E-state index in [1.807, 2.05) is 30.9 Å². The fraction of sp³-hybridized carbons (Fsp3) is 0.357. The lowest BCUT2D eigenvalue weighted by atomic mass is 10.2. The van der Waals surface area contributed by atoms with Crippen LogP contribution >= 0.6 is 0 Å². The van der Waals surface area contributed by atoms with Crippen LogP contribution in [0.4, 0.5) is 5.69 Å². The molecule has 0 aliphatic carbocycles. The maximum atomic E-state index is 11.9. The number of carbonyl (C=O) groups is 1. The van der Waals surface area contributed by atoms with Crippen LogP contribution in [0.3, 0.4) is 0 Å². The van der Waals surface area contributed by atoms with E-state index >= 15 is 0 Å². The van der Waals surface area contributed by atoms with Gasteiger partial charge >= 0.3 is 0 Å². The molecule has 2 aromatic rings. The molecule has 0 aromatic carbocycles. The Bertz CT molecular complexity index is 618. The molecule has 0 saturated heterocycles. The van der Waals surface area contributed by atoms with Crippen LogP contribution in [-0.4, -0.2) is 39.7 Å². The van der Waals surface area contributed by atoms with Crippen molar-refractivity contribution >= 4 is 11.6 Å². The Morgan fingerprint density at radius 2 is 2.20 bits per heavy atom.